The molecule has 34 heavy (non-hydrogen) atoms. The summed E-state index contributed by atoms with van der Waals surface area (Å²) >= 11 is 0. The van der Waals surface area contributed by atoms with Crippen LogP contribution in [0.15, 0.2) is 95.1 Å². The monoisotopic (exact) mass is 451 g/mol. The summed E-state index contributed by atoms with van der Waals surface area (Å²) in [5.41, 5.74) is 30.6. The van der Waals surface area contributed by atoms with Gasteiger partial charge in [0.15, 0.2) is 0 Å². The Balaban J connectivity index is 2.20. The smallest absolute Gasteiger partial charge is 0.0554 e. The minimum absolute atomic E-state index is 0.168. The quantitative estimate of drug-likeness (QED) is 0.403. The summed E-state index contributed by atoms with van der Waals surface area (Å²) < 4.78 is 0. The highest BCUT2D eigenvalue weighted by Crippen LogP contribution is 2.55. The van der Waals surface area contributed by atoms with E-state index in [1.54, 1.807) is 0 Å². The minimum Gasteiger partial charge on any atom is -0.326 e. The predicted octanol–water partition coefficient (Wildman–Crippen LogP) is 5.70. The molecular weight excluding hydrogens is 414 g/mol. The van der Waals surface area contributed by atoms with Crippen molar-refractivity contribution in [2.75, 3.05) is 0 Å². The van der Waals surface area contributed by atoms with Gasteiger partial charge in [0.05, 0.1) is 5.41 Å². The van der Waals surface area contributed by atoms with E-state index in [1.165, 1.54) is 39.0 Å². The summed E-state index contributed by atoms with van der Waals surface area (Å²) in [7, 11) is 0. The third-order valence-corrected chi connectivity index (χ3v) is 7.90. The number of nitrogens with two attached hydrogens (primary N) is 3. The van der Waals surface area contributed by atoms with Gasteiger partial charge < -0.3 is 17.2 Å². The van der Waals surface area contributed by atoms with Crippen molar-refractivity contribution in [3.63, 3.8) is 0 Å². The molecule has 0 aromatic heterocycles. The van der Waals surface area contributed by atoms with E-state index in [9.17, 15) is 0 Å². The number of rotatable bonds is 7. The Labute approximate surface area is 204 Å². The van der Waals surface area contributed by atoms with Crippen LogP contribution in [-0.4, -0.2) is 0 Å². The third-order valence-electron chi connectivity index (χ3n) is 7.90. The molecule has 0 spiro atoms. The van der Waals surface area contributed by atoms with Crippen LogP contribution in [0, 0.1) is 5.92 Å². The van der Waals surface area contributed by atoms with Crippen LogP contribution in [-0.2, 0) is 25.0 Å². The second kappa shape index (κ2) is 9.71. The van der Waals surface area contributed by atoms with Gasteiger partial charge in [0.2, 0.25) is 0 Å². The molecule has 1 aliphatic carbocycles. The molecule has 3 nitrogen and oxygen atoms in total. The van der Waals surface area contributed by atoms with E-state index in [2.05, 4.69) is 100 Å². The summed E-state index contributed by atoms with van der Waals surface area (Å²) in [4.78, 5) is 0. The van der Waals surface area contributed by atoms with Gasteiger partial charge in [0.25, 0.3) is 0 Å². The van der Waals surface area contributed by atoms with Crippen LogP contribution in [0.2, 0.25) is 0 Å². The minimum atomic E-state index is -0.450. The first-order valence-electron chi connectivity index (χ1n) is 12.1. The molecule has 3 aromatic rings. The van der Waals surface area contributed by atoms with Gasteiger partial charge in [-0.1, -0.05) is 83.9 Å². The van der Waals surface area contributed by atoms with Gasteiger partial charge in [-0.2, -0.15) is 0 Å². The number of allylic oxidation sites excluding steroid dienone is 4. The summed E-state index contributed by atoms with van der Waals surface area (Å²) in [6.07, 6.45) is 0. The lowest BCUT2D eigenvalue weighted by atomic mass is 9.58. The first-order chi connectivity index (χ1) is 16.4. The first kappa shape index (κ1) is 24.2. The highest BCUT2D eigenvalue weighted by molar-refractivity contribution is 5.61. The maximum atomic E-state index is 6.13. The van der Waals surface area contributed by atoms with Crippen LogP contribution in [0.5, 0.6) is 0 Å². The van der Waals surface area contributed by atoms with Crippen molar-refractivity contribution in [2.45, 2.75) is 52.7 Å². The molecule has 0 bridgehead atoms. The molecule has 3 heteroatoms. The zero-order valence-electron chi connectivity index (χ0n) is 20.9. The fourth-order valence-electron chi connectivity index (χ4n) is 5.83. The standard InChI is InChI=1S/C31H37N3/c1-20-21(2)23(4)30(22(20)3)31(27-11-5-8-24(14-27)17-32,28-12-6-9-25(15-28)18-33)29-13-7-10-26(16-29)19-34/h5-16,30H,17-19,32-34H2,1-4H3. The zero-order valence-corrected chi connectivity index (χ0v) is 20.9. The Morgan fingerprint density at radius 2 is 0.882 bits per heavy atom. The Hall–Kier alpha value is -2.98. The van der Waals surface area contributed by atoms with E-state index >= 15 is 0 Å². The largest absolute Gasteiger partial charge is 0.326 e. The maximum absolute atomic E-state index is 6.13. The SMILES string of the molecule is CC1=C(C)C(C(c2cccc(CN)c2)(c2cccc(CN)c2)c2cccc(CN)c2)C(C)=C1C. The molecule has 0 saturated heterocycles. The Kier molecular flexibility index (Phi) is 6.90. The summed E-state index contributed by atoms with van der Waals surface area (Å²) in [5, 5.41) is 0. The maximum Gasteiger partial charge on any atom is 0.0554 e. The van der Waals surface area contributed by atoms with Crippen LogP contribution in [0.4, 0.5) is 0 Å². The van der Waals surface area contributed by atoms with E-state index in [-0.39, 0.29) is 5.92 Å². The van der Waals surface area contributed by atoms with Gasteiger partial charge in [0.1, 0.15) is 0 Å². The second-order valence-electron chi connectivity index (χ2n) is 9.57. The molecule has 0 heterocycles. The molecule has 176 valence electrons. The lowest BCUT2D eigenvalue weighted by molar-refractivity contribution is 0.483. The molecule has 0 atom stereocenters. The average Bonchev–Trinajstić information content (AvgIpc) is 3.08. The lowest BCUT2D eigenvalue weighted by Gasteiger charge is -2.43. The van der Waals surface area contributed by atoms with Crippen LogP contribution in [0.25, 0.3) is 0 Å². The molecule has 4 rings (SSSR count). The van der Waals surface area contributed by atoms with Crippen molar-refractivity contribution >= 4 is 0 Å². The molecule has 0 radical (unpaired) electrons. The fourth-order valence-corrected chi connectivity index (χ4v) is 5.83. The summed E-state index contributed by atoms with van der Waals surface area (Å²) in [5.74, 6) is 0.168. The van der Waals surface area contributed by atoms with E-state index in [0.29, 0.717) is 19.6 Å². The molecule has 0 amide bonds. The molecule has 0 unspecified atom stereocenters. The fraction of sp³-hybridized carbons (Fsp3) is 0.290. The molecule has 3 aromatic carbocycles. The van der Waals surface area contributed by atoms with E-state index in [1.807, 2.05) is 0 Å². The van der Waals surface area contributed by atoms with Crippen LogP contribution < -0.4 is 17.2 Å². The lowest BCUT2D eigenvalue weighted by Crippen LogP contribution is -2.39. The molecule has 0 aliphatic heterocycles. The Morgan fingerprint density at radius 1 is 0.559 bits per heavy atom. The number of benzene rings is 3. The molecule has 6 N–H and O–H groups in total. The Bertz CT molecular complexity index is 1130. The van der Waals surface area contributed by atoms with Gasteiger partial charge in [0, 0.05) is 25.6 Å². The molecule has 0 fully saturated rings. The van der Waals surface area contributed by atoms with Crippen molar-refractivity contribution in [1.82, 2.24) is 0 Å². The van der Waals surface area contributed by atoms with Gasteiger partial charge in [-0.15, -0.1) is 0 Å². The van der Waals surface area contributed by atoms with Crippen LogP contribution in [0.1, 0.15) is 61.1 Å². The third kappa shape index (κ3) is 3.84. The van der Waals surface area contributed by atoms with Gasteiger partial charge in [-0.3, -0.25) is 0 Å². The predicted molar refractivity (Wildman–Crippen MR) is 143 cm³/mol. The van der Waals surface area contributed by atoms with Gasteiger partial charge in [-0.25, -0.2) is 0 Å². The highest BCUT2D eigenvalue weighted by atomic mass is 14.6. The Morgan fingerprint density at radius 3 is 1.18 bits per heavy atom. The number of hydrogen-bond donors (Lipinski definition) is 3. The van der Waals surface area contributed by atoms with Crippen molar-refractivity contribution in [3.8, 4) is 0 Å². The highest BCUT2D eigenvalue weighted by Gasteiger charge is 2.48. The van der Waals surface area contributed by atoms with Crippen LogP contribution in [0.3, 0.4) is 0 Å². The van der Waals surface area contributed by atoms with Crippen LogP contribution >= 0.6 is 0 Å². The van der Waals surface area contributed by atoms with Crippen molar-refractivity contribution in [3.05, 3.63) is 128 Å². The van der Waals surface area contributed by atoms with Crippen molar-refractivity contribution in [2.24, 2.45) is 23.1 Å². The zero-order chi connectivity index (χ0) is 24.5. The van der Waals surface area contributed by atoms with Crippen molar-refractivity contribution in [1.29, 1.82) is 0 Å². The second-order valence-corrected chi connectivity index (χ2v) is 9.57. The topological polar surface area (TPSA) is 78.1 Å². The first-order valence-corrected chi connectivity index (χ1v) is 12.1. The van der Waals surface area contributed by atoms with E-state index in [4.69, 9.17) is 17.2 Å². The van der Waals surface area contributed by atoms with Gasteiger partial charge in [-0.05, 0) is 72.2 Å². The summed E-state index contributed by atoms with van der Waals surface area (Å²) in [6, 6.07) is 26.4. The van der Waals surface area contributed by atoms with E-state index < -0.39 is 5.41 Å². The van der Waals surface area contributed by atoms with E-state index in [0.717, 1.165) is 16.7 Å². The molecular formula is C31H37N3. The van der Waals surface area contributed by atoms with Crippen molar-refractivity contribution < 1.29 is 0 Å². The van der Waals surface area contributed by atoms with Gasteiger partial charge >= 0.3 is 0 Å². The summed E-state index contributed by atoms with van der Waals surface area (Å²) in [6.45, 7) is 10.6. The number of hydrogen-bond acceptors (Lipinski definition) is 3. The molecule has 1 aliphatic rings. The molecule has 0 saturated carbocycles. The average molecular weight is 452 g/mol. The normalized spacial score (nSPS) is 14.9.